The van der Waals surface area contributed by atoms with Crippen LogP contribution in [0.1, 0.15) is 42.3 Å². The zero-order valence-corrected chi connectivity index (χ0v) is 20.3. The van der Waals surface area contributed by atoms with E-state index < -0.39 is 5.41 Å². The van der Waals surface area contributed by atoms with Gasteiger partial charge in [-0.3, -0.25) is 9.80 Å². The third kappa shape index (κ3) is 5.87. The van der Waals surface area contributed by atoms with Gasteiger partial charge in [0.1, 0.15) is 0 Å². The third-order valence-electron chi connectivity index (χ3n) is 5.02. The fourth-order valence-corrected chi connectivity index (χ4v) is 3.49. The number of benzene rings is 2. The summed E-state index contributed by atoms with van der Waals surface area (Å²) in [5.74, 6) is 6.27. The standard InChI is InChI=1S/C23H33N5O3S/c1-14-7-8-16(9-20(14)28(25)12-15(2)24)22(30)26-18-10-17(23(3,4)13-29)11-19(27-32-6)21(18)31-5/h7-12,27,29H,13,24-25H2,1-6H3,(H,26,30)/b15-12-. The van der Waals surface area contributed by atoms with E-state index >= 15 is 0 Å². The Morgan fingerprint density at radius 1 is 1.28 bits per heavy atom. The van der Waals surface area contributed by atoms with E-state index in [-0.39, 0.29) is 12.5 Å². The van der Waals surface area contributed by atoms with Gasteiger partial charge in [-0.25, -0.2) is 5.84 Å². The Kier molecular flexibility index (Phi) is 8.43. The molecule has 7 N–H and O–H groups in total. The number of hydrazine groups is 1. The van der Waals surface area contributed by atoms with Crippen molar-refractivity contribution in [3.63, 3.8) is 0 Å². The van der Waals surface area contributed by atoms with E-state index in [4.69, 9.17) is 16.3 Å². The zero-order valence-electron chi connectivity index (χ0n) is 19.4. The number of aliphatic hydroxyl groups excluding tert-OH is 1. The molecule has 2 aromatic carbocycles. The van der Waals surface area contributed by atoms with E-state index in [2.05, 4.69) is 10.0 Å². The maximum Gasteiger partial charge on any atom is 0.255 e. The van der Waals surface area contributed by atoms with Crippen LogP contribution in [0.4, 0.5) is 17.1 Å². The van der Waals surface area contributed by atoms with Crippen LogP contribution >= 0.6 is 11.9 Å². The van der Waals surface area contributed by atoms with Gasteiger partial charge in [0.15, 0.2) is 5.75 Å². The number of carbonyl (C=O) groups is 1. The average molecular weight is 460 g/mol. The number of carbonyl (C=O) groups excluding carboxylic acids is 1. The quantitative estimate of drug-likeness (QED) is 0.218. The number of nitrogens with two attached hydrogens (primary N) is 2. The highest BCUT2D eigenvalue weighted by Gasteiger charge is 2.24. The van der Waals surface area contributed by atoms with Crippen LogP contribution in [-0.2, 0) is 5.41 Å². The highest BCUT2D eigenvalue weighted by Crippen LogP contribution is 2.39. The molecule has 0 aliphatic rings. The number of hydrogen-bond acceptors (Lipinski definition) is 8. The first-order chi connectivity index (χ1) is 15.0. The van der Waals surface area contributed by atoms with E-state index in [1.54, 1.807) is 32.4 Å². The molecule has 0 aromatic heterocycles. The number of nitrogens with one attached hydrogen (secondary N) is 2. The second kappa shape index (κ2) is 10.6. The summed E-state index contributed by atoms with van der Waals surface area (Å²) >= 11 is 1.41. The molecule has 0 atom stereocenters. The van der Waals surface area contributed by atoms with Crippen LogP contribution in [0.2, 0.25) is 0 Å². The molecule has 0 bridgehead atoms. The lowest BCUT2D eigenvalue weighted by molar-refractivity contribution is 0.102. The van der Waals surface area contributed by atoms with Crippen LogP contribution in [0, 0.1) is 6.92 Å². The first-order valence-electron chi connectivity index (χ1n) is 10.1. The molecular weight excluding hydrogens is 426 g/mol. The number of aliphatic hydroxyl groups is 1. The van der Waals surface area contributed by atoms with Crippen LogP contribution in [0.25, 0.3) is 0 Å². The number of allylic oxidation sites excluding steroid dienone is 1. The molecule has 0 heterocycles. The van der Waals surface area contributed by atoms with Crippen molar-refractivity contribution < 1.29 is 14.6 Å². The van der Waals surface area contributed by atoms with Crippen molar-refractivity contribution in [1.29, 1.82) is 0 Å². The maximum atomic E-state index is 13.1. The van der Waals surface area contributed by atoms with Crippen LogP contribution in [0.3, 0.4) is 0 Å². The summed E-state index contributed by atoms with van der Waals surface area (Å²) in [5.41, 5.74) is 9.82. The Hall–Kier alpha value is -2.88. The van der Waals surface area contributed by atoms with Crippen LogP contribution in [0.15, 0.2) is 42.2 Å². The summed E-state index contributed by atoms with van der Waals surface area (Å²) in [5, 5.41) is 14.2. The zero-order chi connectivity index (χ0) is 24.1. The molecular formula is C23H33N5O3S. The van der Waals surface area contributed by atoms with Crippen molar-refractivity contribution in [3.05, 3.63) is 58.9 Å². The number of aryl methyl sites for hydroxylation is 1. The first-order valence-corrected chi connectivity index (χ1v) is 11.3. The SMILES string of the molecule is COc1c(NSC)cc(C(C)(C)CO)cc1NC(=O)c1ccc(C)c(N(N)/C=C(/C)N)c1. The van der Waals surface area contributed by atoms with Gasteiger partial charge < -0.3 is 25.6 Å². The molecule has 0 unspecified atom stereocenters. The summed E-state index contributed by atoms with van der Waals surface area (Å²) in [6, 6.07) is 9.00. The van der Waals surface area contributed by atoms with Crippen molar-refractivity contribution in [2.75, 3.05) is 35.0 Å². The van der Waals surface area contributed by atoms with E-state index in [0.717, 1.165) is 11.1 Å². The Balaban J connectivity index is 2.49. The smallest absolute Gasteiger partial charge is 0.255 e. The van der Waals surface area contributed by atoms with Crippen LogP contribution in [-0.4, -0.2) is 31.0 Å². The Labute approximate surface area is 194 Å². The largest absolute Gasteiger partial charge is 0.492 e. The number of methoxy groups -OCH3 is 1. The number of rotatable bonds is 9. The monoisotopic (exact) mass is 459 g/mol. The lowest BCUT2D eigenvalue weighted by atomic mass is 9.85. The van der Waals surface area contributed by atoms with Gasteiger partial charge in [0, 0.05) is 29.1 Å². The fraction of sp³-hybridized carbons (Fsp3) is 0.348. The van der Waals surface area contributed by atoms with Gasteiger partial charge in [-0.2, -0.15) is 0 Å². The van der Waals surface area contributed by atoms with Crippen LogP contribution in [0.5, 0.6) is 5.75 Å². The predicted octanol–water partition coefficient (Wildman–Crippen LogP) is 3.72. The van der Waals surface area contributed by atoms with E-state index in [9.17, 15) is 9.90 Å². The first kappa shape index (κ1) is 25.4. The normalized spacial score (nSPS) is 11.8. The highest BCUT2D eigenvalue weighted by atomic mass is 32.2. The molecule has 174 valence electrons. The lowest BCUT2D eigenvalue weighted by Gasteiger charge is -2.25. The summed E-state index contributed by atoms with van der Waals surface area (Å²) in [6.45, 7) is 7.45. The van der Waals surface area contributed by atoms with Gasteiger partial charge in [0.25, 0.3) is 5.91 Å². The van der Waals surface area contributed by atoms with Gasteiger partial charge in [-0.1, -0.05) is 31.9 Å². The molecule has 2 rings (SSSR count). The summed E-state index contributed by atoms with van der Waals surface area (Å²) in [4.78, 5) is 13.1. The number of ether oxygens (including phenoxy) is 1. The van der Waals surface area contributed by atoms with Gasteiger partial charge in [-0.15, -0.1) is 0 Å². The molecule has 0 aliphatic heterocycles. The van der Waals surface area contributed by atoms with Crippen molar-refractivity contribution in [2.24, 2.45) is 11.6 Å². The van der Waals surface area contributed by atoms with Crippen molar-refractivity contribution >= 4 is 34.9 Å². The highest BCUT2D eigenvalue weighted by molar-refractivity contribution is 7.99. The summed E-state index contributed by atoms with van der Waals surface area (Å²) in [7, 11) is 1.55. The molecule has 0 radical (unpaired) electrons. The molecule has 0 saturated carbocycles. The Bertz CT molecular complexity index is 1000. The van der Waals surface area contributed by atoms with Crippen molar-refractivity contribution in [3.8, 4) is 5.75 Å². The number of amides is 1. The minimum absolute atomic E-state index is 0.0485. The van der Waals surface area contributed by atoms with Gasteiger partial charge in [-0.05, 0) is 49.2 Å². The number of nitrogens with zero attached hydrogens (tertiary/aromatic N) is 1. The average Bonchev–Trinajstić information content (AvgIpc) is 2.73. The molecule has 1 amide bonds. The topological polar surface area (TPSA) is 126 Å². The van der Waals surface area contributed by atoms with E-state index in [1.165, 1.54) is 17.0 Å². The van der Waals surface area contributed by atoms with E-state index in [0.29, 0.717) is 34.1 Å². The summed E-state index contributed by atoms with van der Waals surface area (Å²) < 4.78 is 8.77. The summed E-state index contributed by atoms with van der Waals surface area (Å²) in [6.07, 6.45) is 3.49. The molecule has 32 heavy (non-hydrogen) atoms. The van der Waals surface area contributed by atoms with Gasteiger partial charge >= 0.3 is 0 Å². The predicted molar refractivity (Wildman–Crippen MR) is 134 cm³/mol. The van der Waals surface area contributed by atoms with Crippen molar-refractivity contribution in [1.82, 2.24) is 0 Å². The molecule has 0 saturated heterocycles. The second-order valence-corrected chi connectivity index (χ2v) is 8.80. The molecule has 0 fully saturated rings. The molecule has 8 nitrogen and oxygen atoms in total. The van der Waals surface area contributed by atoms with Gasteiger partial charge in [0.05, 0.1) is 30.8 Å². The lowest BCUT2D eigenvalue weighted by Crippen LogP contribution is -2.27. The minimum Gasteiger partial charge on any atom is -0.492 e. The minimum atomic E-state index is -0.510. The number of hydrogen-bond donors (Lipinski definition) is 5. The molecule has 2 aromatic rings. The van der Waals surface area contributed by atoms with Gasteiger partial charge in [0.2, 0.25) is 0 Å². The molecule has 0 aliphatic carbocycles. The third-order valence-corrected chi connectivity index (χ3v) is 5.45. The van der Waals surface area contributed by atoms with E-state index in [1.807, 2.05) is 45.2 Å². The van der Waals surface area contributed by atoms with Crippen molar-refractivity contribution in [2.45, 2.75) is 33.1 Å². The molecule has 0 spiro atoms. The maximum absolute atomic E-state index is 13.1. The second-order valence-electron chi connectivity index (χ2n) is 8.19. The van der Waals surface area contributed by atoms with Crippen LogP contribution < -0.4 is 31.4 Å². The number of anilines is 3. The fourth-order valence-electron chi connectivity index (χ4n) is 3.12. The Morgan fingerprint density at radius 2 is 1.94 bits per heavy atom. The molecule has 9 heteroatoms. The Morgan fingerprint density at radius 3 is 2.50 bits per heavy atom.